The van der Waals surface area contributed by atoms with E-state index in [1.807, 2.05) is 7.05 Å². The van der Waals surface area contributed by atoms with E-state index in [1.165, 1.54) is 31.2 Å². The maximum atomic E-state index is 5.86. The van der Waals surface area contributed by atoms with Gasteiger partial charge in [-0.25, -0.2) is 9.97 Å². The summed E-state index contributed by atoms with van der Waals surface area (Å²) in [5.74, 6) is 1.85. The maximum absolute atomic E-state index is 5.86. The van der Waals surface area contributed by atoms with Crippen molar-refractivity contribution in [3.63, 3.8) is 0 Å². The van der Waals surface area contributed by atoms with E-state index in [-0.39, 0.29) is 0 Å². The molecule has 0 spiro atoms. The topological polar surface area (TPSA) is 59.1 Å². The number of nitrogens with zero attached hydrogens (tertiary/aromatic N) is 2. The first-order valence-electron chi connectivity index (χ1n) is 7.72. The highest BCUT2D eigenvalue weighted by atomic mass is 16.5. The van der Waals surface area contributed by atoms with Gasteiger partial charge in [0.05, 0.1) is 12.7 Å². The van der Waals surface area contributed by atoms with Gasteiger partial charge in [-0.15, -0.1) is 0 Å². The molecule has 112 valence electrons. The van der Waals surface area contributed by atoms with E-state index < -0.39 is 0 Å². The van der Waals surface area contributed by atoms with Crippen LogP contribution in [0.3, 0.4) is 0 Å². The summed E-state index contributed by atoms with van der Waals surface area (Å²) in [7, 11) is 1.90. The van der Waals surface area contributed by atoms with Crippen LogP contribution in [0.1, 0.15) is 44.6 Å². The Morgan fingerprint density at radius 1 is 1.25 bits per heavy atom. The Morgan fingerprint density at radius 2 is 2.00 bits per heavy atom. The third kappa shape index (κ3) is 4.07. The van der Waals surface area contributed by atoms with Gasteiger partial charge in [-0.1, -0.05) is 26.2 Å². The van der Waals surface area contributed by atoms with Gasteiger partial charge in [-0.3, -0.25) is 0 Å². The number of hydrogen-bond acceptors (Lipinski definition) is 5. The second-order valence-corrected chi connectivity index (χ2v) is 5.25. The van der Waals surface area contributed by atoms with E-state index in [1.54, 1.807) is 6.33 Å². The van der Waals surface area contributed by atoms with Crippen molar-refractivity contribution in [3.05, 3.63) is 11.9 Å². The first-order valence-corrected chi connectivity index (χ1v) is 7.72. The molecule has 0 radical (unpaired) electrons. The lowest BCUT2D eigenvalue weighted by Crippen LogP contribution is -2.17. The zero-order chi connectivity index (χ0) is 14.2. The van der Waals surface area contributed by atoms with Gasteiger partial charge in [0.1, 0.15) is 18.0 Å². The van der Waals surface area contributed by atoms with Crippen molar-refractivity contribution in [1.82, 2.24) is 9.97 Å². The van der Waals surface area contributed by atoms with Gasteiger partial charge in [0.15, 0.2) is 0 Å². The van der Waals surface area contributed by atoms with Gasteiger partial charge in [0, 0.05) is 19.2 Å². The Kier molecular flexibility index (Phi) is 6.05. The largest absolute Gasteiger partial charge is 0.376 e. The van der Waals surface area contributed by atoms with Gasteiger partial charge in [0.2, 0.25) is 0 Å². The quantitative estimate of drug-likeness (QED) is 0.716. The number of aromatic nitrogens is 2. The molecule has 0 bridgehead atoms. The predicted octanol–water partition coefficient (Wildman–Crippen LogP) is 2.84. The molecule has 1 fully saturated rings. The molecule has 1 heterocycles. The molecular formula is C15H26N4O. The zero-order valence-electron chi connectivity index (χ0n) is 12.6. The average Bonchev–Trinajstić information content (AvgIpc) is 2.98. The van der Waals surface area contributed by atoms with Crippen LogP contribution in [-0.4, -0.2) is 36.3 Å². The third-order valence-corrected chi connectivity index (χ3v) is 3.73. The Hall–Kier alpha value is -1.36. The van der Waals surface area contributed by atoms with Crippen LogP contribution >= 0.6 is 0 Å². The summed E-state index contributed by atoms with van der Waals surface area (Å²) in [6.45, 7) is 3.71. The van der Waals surface area contributed by atoms with Crippen molar-refractivity contribution in [3.8, 4) is 0 Å². The van der Waals surface area contributed by atoms with Crippen molar-refractivity contribution in [2.24, 2.45) is 0 Å². The minimum atomic E-state index is 0.477. The highest BCUT2D eigenvalue weighted by molar-refractivity contribution is 5.57. The molecule has 20 heavy (non-hydrogen) atoms. The Morgan fingerprint density at radius 3 is 2.70 bits per heavy atom. The lowest BCUT2D eigenvalue weighted by Gasteiger charge is -2.15. The lowest BCUT2D eigenvalue weighted by atomic mass is 10.1. The number of anilines is 2. The fraction of sp³-hybridized carbons (Fsp3) is 0.733. The summed E-state index contributed by atoms with van der Waals surface area (Å²) in [6.07, 6.45) is 9.21. The van der Waals surface area contributed by atoms with Crippen LogP contribution in [0.25, 0.3) is 0 Å². The summed E-state index contributed by atoms with van der Waals surface area (Å²) >= 11 is 0. The van der Waals surface area contributed by atoms with E-state index >= 15 is 0 Å². The van der Waals surface area contributed by atoms with Crippen molar-refractivity contribution in [1.29, 1.82) is 0 Å². The molecule has 0 amide bonds. The molecule has 1 aliphatic rings. The van der Waals surface area contributed by atoms with Gasteiger partial charge < -0.3 is 15.4 Å². The summed E-state index contributed by atoms with van der Waals surface area (Å²) in [6, 6.07) is 0. The Balaban J connectivity index is 1.84. The molecule has 0 aliphatic heterocycles. The highest BCUT2D eigenvalue weighted by Crippen LogP contribution is 2.22. The molecule has 0 saturated heterocycles. The van der Waals surface area contributed by atoms with E-state index in [9.17, 15) is 0 Å². The minimum Gasteiger partial charge on any atom is -0.376 e. The van der Waals surface area contributed by atoms with Gasteiger partial charge in [-0.2, -0.15) is 0 Å². The SMILES string of the molecule is CCCc1c(NC)ncnc1NCCOC1CCCC1. The zero-order valence-corrected chi connectivity index (χ0v) is 12.6. The van der Waals surface area contributed by atoms with E-state index in [2.05, 4.69) is 27.5 Å². The van der Waals surface area contributed by atoms with Crippen LogP contribution < -0.4 is 10.6 Å². The highest BCUT2D eigenvalue weighted by Gasteiger charge is 2.15. The normalized spacial score (nSPS) is 15.5. The first-order chi connectivity index (χ1) is 9.85. The van der Waals surface area contributed by atoms with Crippen LogP contribution in [-0.2, 0) is 11.2 Å². The van der Waals surface area contributed by atoms with Crippen LogP contribution in [0.2, 0.25) is 0 Å². The first kappa shape index (κ1) is 15.0. The molecule has 1 aliphatic carbocycles. The molecule has 0 atom stereocenters. The lowest BCUT2D eigenvalue weighted by molar-refractivity contribution is 0.0658. The van der Waals surface area contributed by atoms with Crippen molar-refractivity contribution < 1.29 is 4.74 Å². The minimum absolute atomic E-state index is 0.477. The van der Waals surface area contributed by atoms with Crippen molar-refractivity contribution >= 4 is 11.6 Å². The number of ether oxygens (including phenoxy) is 1. The van der Waals surface area contributed by atoms with Gasteiger partial charge >= 0.3 is 0 Å². The molecule has 5 heteroatoms. The third-order valence-electron chi connectivity index (χ3n) is 3.73. The number of nitrogens with one attached hydrogen (secondary N) is 2. The van der Waals surface area contributed by atoms with E-state index in [0.29, 0.717) is 6.10 Å². The fourth-order valence-electron chi connectivity index (χ4n) is 2.72. The maximum Gasteiger partial charge on any atom is 0.134 e. The van der Waals surface area contributed by atoms with Crippen LogP contribution in [0.5, 0.6) is 0 Å². The standard InChI is InChI=1S/C15H26N4O/c1-3-6-13-14(16-2)18-11-19-15(13)17-9-10-20-12-7-4-5-8-12/h11-12H,3-10H2,1-2H3,(H2,16,17,18,19). The van der Waals surface area contributed by atoms with Crippen LogP contribution in [0.4, 0.5) is 11.6 Å². The summed E-state index contributed by atoms with van der Waals surface area (Å²) < 4.78 is 5.86. The fourth-order valence-corrected chi connectivity index (χ4v) is 2.72. The Labute approximate surface area is 121 Å². The van der Waals surface area contributed by atoms with Gasteiger partial charge in [0.25, 0.3) is 0 Å². The van der Waals surface area contributed by atoms with E-state index in [0.717, 1.165) is 37.6 Å². The monoisotopic (exact) mass is 278 g/mol. The second-order valence-electron chi connectivity index (χ2n) is 5.25. The molecule has 1 saturated carbocycles. The summed E-state index contributed by atoms with van der Waals surface area (Å²) in [5, 5.41) is 6.51. The summed E-state index contributed by atoms with van der Waals surface area (Å²) in [4.78, 5) is 8.63. The predicted molar refractivity (Wildman–Crippen MR) is 82.3 cm³/mol. The van der Waals surface area contributed by atoms with E-state index in [4.69, 9.17) is 4.74 Å². The molecule has 0 aromatic carbocycles. The number of rotatable bonds is 8. The summed E-state index contributed by atoms with van der Waals surface area (Å²) in [5.41, 5.74) is 1.17. The van der Waals surface area contributed by atoms with Crippen LogP contribution in [0.15, 0.2) is 6.33 Å². The van der Waals surface area contributed by atoms with Gasteiger partial charge in [-0.05, 0) is 19.3 Å². The molecule has 2 N–H and O–H groups in total. The van der Waals surface area contributed by atoms with Crippen molar-refractivity contribution in [2.75, 3.05) is 30.8 Å². The molecular weight excluding hydrogens is 252 g/mol. The van der Waals surface area contributed by atoms with Crippen LogP contribution in [0, 0.1) is 0 Å². The molecule has 0 unspecified atom stereocenters. The number of hydrogen-bond donors (Lipinski definition) is 2. The molecule has 1 aromatic rings. The molecule has 2 rings (SSSR count). The smallest absolute Gasteiger partial charge is 0.134 e. The second kappa shape index (κ2) is 8.04. The molecule has 5 nitrogen and oxygen atoms in total. The average molecular weight is 278 g/mol. The molecule has 1 aromatic heterocycles. The Bertz CT molecular complexity index is 405. The van der Waals surface area contributed by atoms with Crippen molar-refractivity contribution in [2.45, 2.75) is 51.6 Å².